The monoisotopic (exact) mass is 291 g/mol. The molecule has 0 atom stereocenters. The highest BCUT2D eigenvalue weighted by atomic mass is 28.4. The molecule has 0 heterocycles. The average Bonchev–Trinajstić information content (AvgIpc) is 2.08. The molecule has 0 aliphatic rings. The van der Waals surface area contributed by atoms with Crippen molar-refractivity contribution in [2.24, 2.45) is 5.73 Å². The molecule has 0 spiro atoms. The maximum atomic E-state index is 10.3. The molecule has 0 saturated carbocycles. The van der Waals surface area contributed by atoms with Crippen LogP contribution in [0.15, 0.2) is 11.6 Å². The Balaban J connectivity index is 0. The molecule has 0 aromatic heterocycles. The third-order valence-corrected chi connectivity index (χ3v) is 6.48. The minimum Gasteiger partial charge on any atom is -0.456 e. The number of aliphatic hydroxyl groups is 1. The van der Waals surface area contributed by atoms with Crippen LogP contribution in [-0.2, 0) is 8.91 Å². The van der Waals surface area contributed by atoms with E-state index in [2.05, 4.69) is 39.3 Å². The number of hydrogen-bond acceptors (Lipinski definition) is 3. The fourth-order valence-corrected chi connectivity index (χ4v) is 8.65. The fraction of sp³-hybridized carbons (Fsp3) is 0.750. The second-order valence-corrected chi connectivity index (χ2v) is 15.4. The number of hydrogen-bond donors (Lipinski definition) is 2. The predicted octanol–water partition coefficient (Wildman–Crippen LogP) is 2.47. The SMILES string of the molecule is C/C(=C\CCO)C(N)=O.C[Si](C)(C)O[Si](C)(C)C. The summed E-state index contributed by atoms with van der Waals surface area (Å²) >= 11 is 0. The summed E-state index contributed by atoms with van der Waals surface area (Å²) in [5.41, 5.74) is 5.39. The van der Waals surface area contributed by atoms with Gasteiger partial charge in [-0.25, -0.2) is 0 Å². The second kappa shape index (κ2) is 8.63. The number of amides is 1. The summed E-state index contributed by atoms with van der Waals surface area (Å²) in [6, 6.07) is 0. The van der Waals surface area contributed by atoms with Crippen LogP contribution in [0.1, 0.15) is 13.3 Å². The van der Waals surface area contributed by atoms with Crippen molar-refractivity contribution in [2.45, 2.75) is 52.6 Å². The van der Waals surface area contributed by atoms with Gasteiger partial charge in [-0.3, -0.25) is 4.79 Å². The van der Waals surface area contributed by atoms with Crippen LogP contribution in [0.2, 0.25) is 39.3 Å². The van der Waals surface area contributed by atoms with Gasteiger partial charge in [0.15, 0.2) is 16.6 Å². The van der Waals surface area contributed by atoms with Crippen LogP contribution in [0.25, 0.3) is 0 Å². The summed E-state index contributed by atoms with van der Waals surface area (Å²) < 4.78 is 5.90. The van der Waals surface area contributed by atoms with Crippen molar-refractivity contribution in [2.75, 3.05) is 6.61 Å². The van der Waals surface area contributed by atoms with Crippen molar-refractivity contribution in [1.29, 1.82) is 0 Å². The van der Waals surface area contributed by atoms with E-state index in [-0.39, 0.29) is 6.61 Å². The molecule has 108 valence electrons. The molecule has 4 nitrogen and oxygen atoms in total. The van der Waals surface area contributed by atoms with Crippen LogP contribution in [0.5, 0.6) is 0 Å². The zero-order valence-electron chi connectivity index (χ0n) is 12.8. The maximum Gasteiger partial charge on any atom is 0.244 e. The Bertz CT molecular complexity index is 266. The van der Waals surface area contributed by atoms with Crippen molar-refractivity contribution in [1.82, 2.24) is 0 Å². The van der Waals surface area contributed by atoms with Crippen LogP contribution >= 0.6 is 0 Å². The molecular weight excluding hydrogens is 262 g/mol. The van der Waals surface area contributed by atoms with Gasteiger partial charge in [0.05, 0.1) is 0 Å². The average molecular weight is 292 g/mol. The quantitative estimate of drug-likeness (QED) is 0.604. The topological polar surface area (TPSA) is 72.5 Å². The van der Waals surface area contributed by atoms with E-state index < -0.39 is 22.5 Å². The summed E-state index contributed by atoms with van der Waals surface area (Å²) in [5, 5.41) is 8.30. The molecule has 0 rings (SSSR count). The fourth-order valence-electron chi connectivity index (χ4n) is 1.30. The molecule has 1 amide bonds. The van der Waals surface area contributed by atoms with E-state index in [1.807, 2.05) is 0 Å². The van der Waals surface area contributed by atoms with Crippen molar-refractivity contribution in [3.05, 3.63) is 11.6 Å². The lowest BCUT2D eigenvalue weighted by Crippen LogP contribution is -2.39. The molecule has 0 bridgehead atoms. The van der Waals surface area contributed by atoms with Gasteiger partial charge < -0.3 is 15.0 Å². The van der Waals surface area contributed by atoms with Crippen molar-refractivity contribution in [3.63, 3.8) is 0 Å². The first-order valence-corrected chi connectivity index (χ1v) is 13.0. The molecule has 0 radical (unpaired) electrons. The highest BCUT2D eigenvalue weighted by Crippen LogP contribution is 2.12. The van der Waals surface area contributed by atoms with E-state index >= 15 is 0 Å². The lowest BCUT2D eigenvalue weighted by Gasteiger charge is -2.27. The minimum absolute atomic E-state index is 0.0601. The third-order valence-electron chi connectivity index (χ3n) is 1.58. The smallest absolute Gasteiger partial charge is 0.244 e. The van der Waals surface area contributed by atoms with E-state index in [1.165, 1.54) is 0 Å². The summed E-state index contributed by atoms with van der Waals surface area (Å²) in [6.45, 7) is 15.1. The summed E-state index contributed by atoms with van der Waals surface area (Å²) in [5.74, 6) is -0.427. The Morgan fingerprint density at radius 3 is 1.72 bits per heavy atom. The minimum atomic E-state index is -1.23. The Hall–Kier alpha value is -0.436. The summed E-state index contributed by atoms with van der Waals surface area (Å²) in [6.07, 6.45) is 2.11. The van der Waals surface area contributed by atoms with Gasteiger partial charge in [0.1, 0.15) is 0 Å². The lowest BCUT2D eigenvalue weighted by atomic mass is 10.2. The van der Waals surface area contributed by atoms with Crippen LogP contribution < -0.4 is 5.73 Å². The Kier molecular flexibility index (Phi) is 9.54. The van der Waals surface area contributed by atoms with Crippen molar-refractivity contribution >= 4 is 22.5 Å². The van der Waals surface area contributed by atoms with E-state index in [0.29, 0.717) is 12.0 Å². The van der Waals surface area contributed by atoms with Gasteiger partial charge in [-0.05, 0) is 52.6 Å². The molecule has 0 aliphatic carbocycles. The first-order valence-electron chi connectivity index (χ1n) is 6.16. The summed E-state index contributed by atoms with van der Waals surface area (Å²) in [7, 11) is -2.46. The van der Waals surface area contributed by atoms with Gasteiger partial charge in [-0.15, -0.1) is 0 Å². The van der Waals surface area contributed by atoms with E-state index in [1.54, 1.807) is 13.0 Å². The Labute approximate surface area is 113 Å². The standard InChI is InChI=1S/C6H11NO2.C6H18OSi2/c1-5(6(7)9)3-2-4-8;1-8(2,3)7-9(4,5)6/h3,8H,2,4H2,1H3,(H2,7,9);1-6H3/b5-3+;. The predicted molar refractivity (Wildman–Crippen MR) is 82.4 cm³/mol. The molecule has 6 heteroatoms. The van der Waals surface area contributed by atoms with Gasteiger partial charge in [0, 0.05) is 12.2 Å². The zero-order chi connectivity index (χ0) is 15.0. The molecule has 0 aliphatic heterocycles. The Morgan fingerprint density at radius 2 is 1.56 bits per heavy atom. The zero-order valence-corrected chi connectivity index (χ0v) is 14.8. The molecular formula is C12H29NO3Si2. The number of aliphatic hydroxyl groups excluding tert-OH is 1. The number of nitrogens with two attached hydrogens (primary N) is 1. The number of rotatable bonds is 5. The van der Waals surface area contributed by atoms with Gasteiger partial charge in [0.25, 0.3) is 0 Å². The largest absolute Gasteiger partial charge is 0.456 e. The van der Waals surface area contributed by atoms with Crippen LogP contribution in [0.4, 0.5) is 0 Å². The molecule has 0 saturated heterocycles. The molecule has 18 heavy (non-hydrogen) atoms. The van der Waals surface area contributed by atoms with Gasteiger partial charge in [0.2, 0.25) is 5.91 Å². The van der Waals surface area contributed by atoms with Gasteiger partial charge in [-0.1, -0.05) is 6.08 Å². The van der Waals surface area contributed by atoms with E-state index in [9.17, 15) is 4.79 Å². The van der Waals surface area contributed by atoms with Crippen LogP contribution in [0, 0.1) is 0 Å². The second-order valence-electron chi connectivity index (χ2n) is 6.09. The van der Waals surface area contributed by atoms with Gasteiger partial charge in [-0.2, -0.15) is 0 Å². The lowest BCUT2D eigenvalue weighted by molar-refractivity contribution is -0.114. The number of carbonyl (C=O) groups is 1. The first kappa shape index (κ1) is 19.9. The third kappa shape index (κ3) is 17.9. The molecule has 0 aromatic carbocycles. The molecule has 0 unspecified atom stereocenters. The normalized spacial score (nSPS) is 12.8. The molecule has 0 aromatic rings. The number of primary amides is 1. The maximum absolute atomic E-state index is 10.3. The molecule has 0 fully saturated rings. The van der Waals surface area contributed by atoms with Crippen molar-refractivity contribution < 1.29 is 14.0 Å². The Morgan fingerprint density at radius 1 is 1.17 bits per heavy atom. The number of carbonyl (C=O) groups excluding carboxylic acids is 1. The first-order chi connectivity index (χ1) is 7.89. The highest BCUT2D eigenvalue weighted by Gasteiger charge is 2.24. The van der Waals surface area contributed by atoms with Crippen LogP contribution in [-0.4, -0.2) is 34.3 Å². The van der Waals surface area contributed by atoms with Crippen LogP contribution in [0.3, 0.4) is 0 Å². The highest BCUT2D eigenvalue weighted by molar-refractivity contribution is 6.83. The summed E-state index contributed by atoms with van der Waals surface area (Å²) in [4.78, 5) is 10.3. The van der Waals surface area contributed by atoms with E-state index in [0.717, 1.165) is 0 Å². The van der Waals surface area contributed by atoms with Crippen molar-refractivity contribution in [3.8, 4) is 0 Å². The van der Waals surface area contributed by atoms with E-state index in [4.69, 9.17) is 15.0 Å². The van der Waals surface area contributed by atoms with Gasteiger partial charge >= 0.3 is 0 Å². The molecule has 3 N–H and O–H groups in total.